The molecule has 3 aromatic rings. The summed E-state index contributed by atoms with van der Waals surface area (Å²) in [4.78, 5) is 29.5. The van der Waals surface area contributed by atoms with E-state index in [2.05, 4.69) is 5.32 Å². The van der Waals surface area contributed by atoms with Gasteiger partial charge in [-0.2, -0.15) is 0 Å². The Kier molecular flexibility index (Phi) is 3.97. The van der Waals surface area contributed by atoms with E-state index < -0.39 is 11.4 Å². The lowest BCUT2D eigenvalue weighted by Gasteiger charge is -2.38. The second-order valence-corrected chi connectivity index (χ2v) is 8.81. The van der Waals surface area contributed by atoms with E-state index in [1.165, 1.54) is 18.2 Å². The Balaban J connectivity index is 1.63. The van der Waals surface area contributed by atoms with Gasteiger partial charge in [0.1, 0.15) is 17.1 Å². The van der Waals surface area contributed by atoms with Crippen molar-refractivity contribution in [3.8, 4) is 5.75 Å². The minimum atomic E-state index is -1.19. The predicted octanol–water partition coefficient (Wildman–Crippen LogP) is 4.53. The largest absolute Gasteiger partial charge is 0.493 e. The van der Waals surface area contributed by atoms with E-state index in [1.807, 2.05) is 61.5 Å². The second-order valence-electron chi connectivity index (χ2n) is 8.81. The molecule has 3 aromatic carbocycles. The molecule has 0 aromatic heterocycles. The first-order chi connectivity index (χ1) is 15.5. The van der Waals surface area contributed by atoms with Crippen LogP contribution in [-0.2, 0) is 4.79 Å². The first kappa shape index (κ1) is 19.0. The number of hydrogen-bond donors (Lipinski definition) is 1. The quantitative estimate of drug-likeness (QED) is 0.620. The highest BCUT2D eigenvalue weighted by Gasteiger charge is 2.65. The Morgan fingerprint density at radius 1 is 1.03 bits per heavy atom. The first-order valence-electron chi connectivity index (χ1n) is 10.7. The lowest BCUT2D eigenvalue weighted by Crippen LogP contribution is -2.54. The summed E-state index contributed by atoms with van der Waals surface area (Å²) in [5.41, 5.74) is 1.17. The third kappa shape index (κ3) is 2.43. The number of ether oxygens (including phenoxy) is 1. The maximum atomic E-state index is 14.0. The number of carbonyl (C=O) groups is 2. The zero-order chi connectivity index (χ0) is 22.0. The van der Waals surface area contributed by atoms with Gasteiger partial charge in [0, 0.05) is 17.4 Å². The molecule has 5 nitrogen and oxygen atoms in total. The number of amides is 2. The summed E-state index contributed by atoms with van der Waals surface area (Å²) in [6.45, 7) is 2.21. The highest BCUT2D eigenvalue weighted by molar-refractivity contribution is 6.12. The molecule has 6 heteroatoms. The molecule has 0 radical (unpaired) electrons. The van der Waals surface area contributed by atoms with Crippen molar-refractivity contribution < 1.29 is 18.7 Å². The number of fused-ring (bicyclic) bond motifs is 6. The van der Waals surface area contributed by atoms with Crippen LogP contribution in [0.1, 0.15) is 40.4 Å². The number of halogens is 1. The molecule has 3 aliphatic rings. The topological polar surface area (TPSA) is 58.6 Å². The molecule has 0 unspecified atom stereocenters. The van der Waals surface area contributed by atoms with E-state index in [-0.39, 0.29) is 35.4 Å². The molecule has 1 fully saturated rings. The Morgan fingerprint density at radius 3 is 2.59 bits per heavy atom. The average Bonchev–Trinajstić information content (AvgIpc) is 3.05. The smallest absolute Gasteiger partial charge is 0.257 e. The van der Waals surface area contributed by atoms with Crippen LogP contribution in [0.3, 0.4) is 0 Å². The van der Waals surface area contributed by atoms with Gasteiger partial charge in [-0.15, -0.1) is 0 Å². The molecule has 32 heavy (non-hydrogen) atoms. The summed E-state index contributed by atoms with van der Waals surface area (Å²) in [5, 5.41) is 2.86. The van der Waals surface area contributed by atoms with Crippen molar-refractivity contribution in [3.63, 3.8) is 0 Å². The molecule has 4 atom stereocenters. The summed E-state index contributed by atoms with van der Waals surface area (Å²) in [7, 11) is 0. The van der Waals surface area contributed by atoms with Crippen LogP contribution in [0.5, 0.6) is 5.75 Å². The molecule has 1 N–H and O–H groups in total. The Morgan fingerprint density at radius 2 is 1.78 bits per heavy atom. The minimum absolute atomic E-state index is 0.117. The normalized spacial score (nSPS) is 27.9. The van der Waals surface area contributed by atoms with Gasteiger partial charge in [-0.05, 0) is 36.8 Å². The zero-order valence-corrected chi connectivity index (χ0v) is 17.4. The summed E-state index contributed by atoms with van der Waals surface area (Å²) >= 11 is 0. The van der Waals surface area contributed by atoms with Crippen LogP contribution in [0, 0.1) is 11.7 Å². The number of hydrogen-bond acceptors (Lipinski definition) is 3. The Bertz CT molecular complexity index is 1260. The maximum absolute atomic E-state index is 14.0. The average molecular weight is 428 g/mol. The minimum Gasteiger partial charge on any atom is -0.493 e. The highest BCUT2D eigenvalue weighted by atomic mass is 19.1. The summed E-state index contributed by atoms with van der Waals surface area (Å²) in [5.74, 6) is -0.805. The zero-order valence-electron chi connectivity index (χ0n) is 17.4. The number of rotatable bonds is 1. The number of para-hydroxylation sites is 1. The van der Waals surface area contributed by atoms with E-state index in [9.17, 15) is 14.0 Å². The van der Waals surface area contributed by atoms with Gasteiger partial charge >= 0.3 is 0 Å². The second kappa shape index (κ2) is 6.66. The van der Waals surface area contributed by atoms with Gasteiger partial charge in [0.15, 0.2) is 0 Å². The van der Waals surface area contributed by atoms with E-state index in [1.54, 1.807) is 4.90 Å². The van der Waals surface area contributed by atoms with Gasteiger partial charge in [-0.1, -0.05) is 48.5 Å². The van der Waals surface area contributed by atoms with Crippen molar-refractivity contribution in [1.29, 1.82) is 0 Å². The summed E-state index contributed by atoms with van der Waals surface area (Å²) in [6, 6.07) is 21.0. The Labute approximate surface area is 184 Å². The van der Waals surface area contributed by atoms with Crippen molar-refractivity contribution >= 4 is 17.5 Å². The standard InChI is InChI=1S/C26H21FN2O3/c1-26-22(15-7-3-2-4-8-15)19-14-32-21-10-6-5-9-18(21)23(19)29(26)24(30)17-12-11-16(27)13-20(17)28-25(26)31/h2-13,19,22-23H,14H2,1H3,(H,28,31)/t19-,22+,23+,26-/m1/s1. The van der Waals surface area contributed by atoms with Crippen LogP contribution < -0.4 is 10.1 Å². The monoisotopic (exact) mass is 428 g/mol. The molecule has 2 amide bonds. The molecule has 160 valence electrons. The lowest BCUT2D eigenvalue weighted by atomic mass is 9.73. The molecule has 3 heterocycles. The third-order valence-electron chi connectivity index (χ3n) is 7.18. The van der Waals surface area contributed by atoms with Crippen LogP contribution in [-0.4, -0.2) is 28.9 Å². The molecule has 3 aliphatic heterocycles. The molecular formula is C26H21FN2O3. The van der Waals surface area contributed by atoms with Crippen molar-refractivity contribution in [3.05, 3.63) is 95.3 Å². The molecule has 0 aliphatic carbocycles. The van der Waals surface area contributed by atoms with Crippen LogP contribution >= 0.6 is 0 Å². The van der Waals surface area contributed by atoms with Crippen molar-refractivity contribution in [2.45, 2.75) is 24.4 Å². The highest BCUT2D eigenvalue weighted by Crippen LogP contribution is 2.59. The fraction of sp³-hybridized carbons (Fsp3) is 0.231. The van der Waals surface area contributed by atoms with Gasteiger partial charge in [0.25, 0.3) is 11.8 Å². The maximum Gasteiger partial charge on any atom is 0.257 e. The molecular weight excluding hydrogens is 407 g/mol. The lowest BCUT2D eigenvalue weighted by molar-refractivity contribution is -0.125. The molecule has 0 spiro atoms. The molecule has 6 rings (SSSR count). The van der Waals surface area contributed by atoms with Crippen LogP contribution in [0.25, 0.3) is 0 Å². The molecule has 1 saturated heterocycles. The summed E-state index contributed by atoms with van der Waals surface area (Å²) < 4.78 is 20.1. The number of carbonyl (C=O) groups excluding carboxylic acids is 2. The predicted molar refractivity (Wildman–Crippen MR) is 117 cm³/mol. The van der Waals surface area contributed by atoms with Gasteiger partial charge in [-0.25, -0.2) is 4.39 Å². The number of nitrogens with zero attached hydrogens (tertiary/aromatic N) is 1. The first-order valence-corrected chi connectivity index (χ1v) is 10.7. The van der Waals surface area contributed by atoms with Crippen LogP contribution in [0.15, 0.2) is 72.8 Å². The van der Waals surface area contributed by atoms with E-state index in [4.69, 9.17) is 4.74 Å². The van der Waals surface area contributed by atoms with E-state index in [0.29, 0.717) is 12.2 Å². The van der Waals surface area contributed by atoms with E-state index >= 15 is 0 Å². The summed E-state index contributed by atoms with van der Waals surface area (Å²) in [6.07, 6.45) is 0. The van der Waals surface area contributed by atoms with Gasteiger partial charge in [0.2, 0.25) is 0 Å². The van der Waals surface area contributed by atoms with Crippen molar-refractivity contribution in [2.75, 3.05) is 11.9 Å². The van der Waals surface area contributed by atoms with E-state index in [0.717, 1.165) is 16.9 Å². The van der Waals surface area contributed by atoms with Gasteiger partial charge in [-0.3, -0.25) is 9.59 Å². The number of anilines is 1. The van der Waals surface area contributed by atoms with Crippen molar-refractivity contribution in [2.24, 2.45) is 5.92 Å². The van der Waals surface area contributed by atoms with Gasteiger partial charge < -0.3 is 15.0 Å². The number of nitrogens with one attached hydrogen (secondary N) is 1. The fourth-order valence-corrected chi connectivity index (χ4v) is 5.83. The molecule has 0 bridgehead atoms. The number of benzene rings is 3. The van der Waals surface area contributed by atoms with Gasteiger partial charge in [0.05, 0.1) is 23.9 Å². The molecule has 0 saturated carbocycles. The van der Waals surface area contributed by atoms with Crippen LogP contribution in [0.4, 0.5) is 10.1 Å². The fourth-order valence-electron chi connectivity index (χ4n) is 5.83. The SMILES string of the molecule is C[C@@]12C(=O)Nc3cc(F)ccc3C(=O)N1[C@H]1c3ccccc3OC[C@@H]1[C@@H]2c1ccccc1. The van der Waals surface area contributed by atoms with Crippen molar-refractivity contribution in [1.82, 2.24) is 4.90 Å². The third-order valence-corrected chi connectivity index (χ3v) is 7.18. The Hall–Kier alpha value is -3.67. The van der Waals surface area contributed by atoms with Crippen LogP contribution in [0.2, 0.25) is 0 Å².